The number of alkyl halides is 1. The zero-order valence-electron chi connectivity index (χ0n) is 9.12. The summed E-state index contributed by atoms with van der Waals surface area (Å²) in [6, 6.07) is 5.92. The smallest absolute Gasteiger partial charge is 0.223 e. The Balaban J connectivity index is 2.60. The van der Waals surface area contributed by atoms with Crippen molar-refractivity contribution in [3.8, 4) is 0 Å². The van der Waals surface area contributed by atoms with Crippen LogP contribution in [0.25, 0.3) is 10.9 Å². The minimum absolute atomic E-state index is 0.220. The maximum absolute atomic E-state index is 6.17. The second kappa shape index (κ2) is 5.36. The molecule has 0 spiro atoms. The zero-order valence-corrected chi connectivity index (χ0v) is 11.4. The van der Waals surface area contributed by atoms with Gasteiger partial charge in [-0.2, -0.15) is 0 Å². The number of aromatic nitrogens is 2. The summed E-state index contributed by atoms with van der Waals surface area (Å²) in [5.41, 5.74) is 1.53. The summed E-state index contributed by atoms with van der Waals surface area (Å²) in [6.07, 6.45) is 0. The van der Waals surface area contributed by atoms with Crippen molar-refractivity contribution in [2.24, 2.45) is 0 Å². The van der Waals surface area contributed by atoms with Gasteiger partial charge in [0.05, 0.1) is 22.2 Å². The summed E-state index contributed by atoms with van der Waals surface area (Å²) in [7, 11) is 1.89. The highest BCUT2D eigenvalue weighted by Crippen LogP contribution is 2.26. The Labute approximate surface area is 114 Å². The highest BCUT2D eigenvalue weighted by molar-refractivity contribution is 6.35. The molecule has 2 aromatic rings. The second-order valence-electron chi connectivity index (χ2n) is 3.71. The number of halogens is 3. The van der Waals surface area contributed by atoms with Gasteiger partial charge in [0, 0.05) is 11.9 Å². The van der Waals surface area contributed by atoms with Gasteiger partial charge in [-0.3, -0.25) is 4.90 Å². The molecule has 90 valence electrons. The van der Waals surface area contributed by atoms with Gasteiger partial charge in [0.1, 0.15) is 0 Å². The predicted octanol–water partition coefficient (Wildman–Crippen LogP) is 3.56. The van der Waals surface area contributed by atoms with Gasteiger partial charge in [0.15, 0.2) is 0 Å². The first-order valence-electron chi connectivity index (χ1n) is 4.97. The van der Waals surface area contributed by atoms with E-state index >= 15 is 0 Å². The van der Waals surface area contributed by atoms with Crippen molar-refractivity contribution in [2.45, 2.75) is 6.54 Å². The summed E-state index contributed by atoms with van der Waals surface area (Å²) in [4.78, 5) is 10.3. The molecule has 0 fully saturated rings. The number of fused-ring (bicyclic) bond motifs is 1. The summed E-state index contributed by atoms with van der Waals surface area (Å²) in [6.45, 7) is 0.575. The van der Waals surface area contributed by atoms with Crippen LogP contribution in [0.3, 0.4) is 0 Å². The standard InChI is InChI=1S/C11H10Cl3N3/c1-17(6-12)5-9-10-7(13)3-2-4-8(10)15-11(14)16-9/h2-4H,5-6H2,1H3. The summed E-state index contributed by atoms with van der Waals surface area (Å²) in [5.74, 6) is 0. The van der Waals surface area contributed by atoms with E-state index < -0.39 is 0 Å². The third-order valence-corrected chi connectivity index (χ3v) is 3.24. The van der Waals surface area contributed by atoms with Crippen molar-refractivity contribution < 1.29 is 0 Å². The first kappa shape index (κ1) is 12.8. The molecule has 0 saturated heterocycles. The molecular weight excluding hydrogens is 281 g/mol. The molecule has 0 radical (unpaired) electrons. The van der Waals surface area contributed by atoms with Gasteiger partial charge in [0.2, 0.25) is 5.28 Å². The first-order valence-corrected chi connectivity index (χ1v) is 6.26. The average molecular weight is 291 g/mol. The lowest BCUT2D eigenvalue weighted by Crippen LogP contribution is -2.17. The molecule has 0 saturated carbocycles. The molecule has 0 N–H and O–H groups in total. The Morgan fingerprint density at radius 2 is 2.00 bits per heavy atom. The van der Waals surface area contributed by atoms with Crippen LogP contribution in [0.4, 0.5) is 0 Å². The summed E-state index contributed by atoms with van der Waals surface area (Å²) in [5, 5.41) is 1.67. The maximum Gasteiger partial charge on any atom is 0.223 e. The quantitative estimate of drug-likeness (QED) is 0.492. The fourth-order valence-corrected chi connectivity index (χ4v) is 2.15. The number of nitrogens with zero attached hydrogens (tertiary/aromatic N) is 3. The van der Waals surface area contributed by atoms with Crippen molar-refractivity contribution in [1.82, 2.24) is 14.9 Å². The number of rotatable bonds is 3. The molecule has 0 aliphatic carbocycles. The van der Waals surface area contributed by atoms with Crippen LogP contribution in [-0.2, 0) is 6.54 Å². The van der Waals surface area contributed by atoms with Crippen LogP contribution in [0, 0.1) is 0 Å². The Morgan fingerprint density at radius 3 is 2.71 bits per heavy atom. The highest BCUT2D eigenvalue weighted by Gasteiger charge is 2.11. The molecule has 0 amide bonds. The molecule has 6 heteroatoms. The lowest BCUT2D eigenvalue weighted by atomic mass is 10.2. The molecular formula is C11H10Cl3N3. The molecule has 0 bridgehead atoms. The molecule has 2 rings (SSSR count). The summed E-state index contributed by atoms with van der Waals surface area (Å²) >= 11 is 17.8. The normalized spacial score (nSPS) is 11.4. The van der Waals surface area contributed by atoms with E-state index in [1.807, 2.05) is 30.1 Å². The molecule has 3 nitrogen and oxygen atoms in total. The largest absolute Gasteiger partial charge is 0.287 e. The third kappa shape index (κ3) is 2.80. The molecule has 1 heterocycles. The minimum atomic E-state index is 0.220. The maximum atomic E-state index is 6.17. The van der Waals surface area contributed by atoms with E-state index in [1.54, 1.807) is 0 Å². The Bertz CT molecular complexity index is 545. The van der Waals surface area contributed by atoms with Crippen molar-refractivity contribution >= 4 is 45.7 Å². The van der Waals surface area contributed by atoms with Crippen LogP contribution in [0.5, 0.6) is 0 Å². The molecule has 1 aromatic heterocycles. The van der Waals surface area contributed by atoms with Crippen molar-refractivity contribution in [1.29, 1.82) is 0 Å². The first-order chi connectivity index (χ1) is 8.11. The lowest BCUT2D eigenvalue weighted by molar-refractivity contribution is 0.379. The molecule has 0 atom stereocenters. The fraction of sp³-hybridized carbons (Fsp3) is 0.273. The van der Waals surface area contributed by atoms with Crippen LogP contribution in [0.1, 0.15) is 5.69 Å². The van der Waals surface area contributed by atoms with Gasteiger partial charge < -0.3 is 0 Å². The second-order valence-corrected chi connectivity index (χ2v) is 4.69. The van der Waals surface area contributed by atoms with Gasteiger partial charge >= 0.3 is 0 Å². The van der Waals surface area contributed by atoms with Crippen molar-refractivity contribution in [3.63, 3.8) is 0 Å². The Morgan fingerprint density at radius 1 is 1.24 bits per heavy atom. The van der Waals surface area contributed by atoms with Gasteiger partial charge in [-0.1, -0.05) is 17.7 Å². The van der Waals surface area contributed by atoms with E-state index in [2.05, 4.69) is 9.97 Å². The topological polar surface area (TPSA) is 29.0 Å². The third-order valence-electron chi connectivity index (χ3n) is 2.34. The predicted molar refractivity (Wildman–Crippen MR) is 71.7 cm³/mol. The highest BCUT2D eigenvalue weighted by atomic mass is 35.5. The van der Waals surface area contributed by atoms with Crippen LogP contribution in [0.2, 0.25) is 10.3 Å². The van der Waals surface area contributed by atoms with E-state index in [-0.39, 0.29) is 5.28 Å². The van der Waals surface area contributed by atoms with E-state index in [4.69, 9.17) is 34.8 Å². The van der Waals surface area contributed by atoms with Gasteiger partial charge in [-0.15, -0.1) is 11.6 Å². The van der Waals surface area contributed by atoms with Crippen molar-refractivity contribution in [2.75, 3.05) is 13.1 Å². The van der Waals surface area contributed by atoms with Gasteiger partial charge in [0.25, 0.3) is 0 Å². The van der Waals surface area contributed by atoms with Gasteiger partial charge in [-0.05, 0) is 30.8 Å². The van der Waals surface area contributed by atoms with E-state index in [1.165, 1.54) is 0 Å². The molecule has 17 heavy (non-hydrogen) atoms. The SMILES string of the molecule is CN(CCl)Cc1nc(Cl)nc2cccc(Cl)c12. The molecule has 0 aliphatic rings. The number of hydrogen-bond donors (Lipinski definition) is 0. The minimum Gasteiger partial charge on any atom is -0.287 e. The Hall–Kier alpha value is -0.610. The van der Waals surface area contributed by atoms with Crippen LogP contribution in [-0.4, -0.2) is 27.9 Å². The molecule has 0 unspecified atom stereocenters. The van der Waals surface area contributed by atoms with Crippen molar-refractivity contribution in [3.05, 3.63) is 34.2 Å². The Kier molecular flexibility index (Phi) is 4.05. The van der Waals surface area contributed by atoms with E-state index in [9.17, 15) is 0 Å². The molecule has 1 aromatic carbocycles. The zero-order chi connectivity index (χ0) is 12.4. The lowest BCUT2D eigenvalue weighted by Gasteiger charge is -2.14. The van der Waals surface area contributed by atoms with Crippen LogP contribution >= 0.6 is 34.8 Å². The average Bonchev–Trinajstić information content (AvgIpc) is 2.28. The fourth-order valence-electron chi connectivity index (χ4n) is 1.60. The number of benzene rings is 1. The van der Waals surface area contributed by atoms with E-state index in [0.29, 0.717) is 17.6 Å². The van der Waals surface area contributed by atoms with Gasteiger partial charge in [-0.25, -0.2) is 9.97 Å². The monoisotopic (exact) mass is 289 g/mol. The summed E-state index contributed by atoms with van der Waals surface area (Å²) < 4.78 is 0. The van der Waals surface area contributed by atoms with Crippen LogP contribution < -0.4 is 0 Å². The molecule has 0 aliphatic heterocycles. The number of hydrogen-bond acceptors (Lipinski definition) is 3. The van der Waals surface area contributed by atoms with Crippen LogP contribution in [0.15, 0.2) is 18.2 Å². The van der Waals surface area contributed by atoms with E-state index in [0.717, 1.165) is 16.6 Å².